The summed E-state index contributed by atoms with van der Waals surface area (Å²) in [6, 6.07) is 16.2. The van der Waals surface area contributed by atoms with Gasteiger partial charge >= 0.3 is 0 Å². The number of thiophene rings is 1. The third kappa shape index (κ3) is 3.60. The zero-order valence-electron chi connectivity index (χ0n) is 20.1. The van der Waals surface area contributed by atoms with Gasteiger partial charge in [0.25, 0.3) is 5.56 Å². The zero-order chi connectivity index (χ0) is 24.8. The summed E-state index contributed by atoms with van der Waals surface area (Å²) in [5.41, 5.74) is 5.44. The van der Waals surface area contributed by atoms with E-state index < -0.39 is 0 Å². The number of thiazole rings is 1. The minimum absolute atomic E-state index is 0.0451. The molecule has 6 rings (SSSR count). The number of rotatable bonds is 5. The molecule has 0 N–H and O–H groups in total. The molecule has 8 heteroatoms. The van der Waals surface area contributed by atoms with E-state index in [4.69, 9.17) is 19.2 Å². The zero-order valence-corrected chi connectivity index (χ0v) is 21.7. The number of hydrogen-bond acceptors (Lipinski definition) is 7. The molecular formula is C28H24N2O4S2. The Kier molecular flexibility index (Phi) is 5.78. The predicted octanol–water partition coefficient (Wildman–Crippen LogP) is 4.41. The molecule has 0 radical (unpaired) electrons. The minimum Gasteiger partial charge on any atom is -0.493 e. The summed E-state index contributed by atoms with van der Waals surface area (Å²) >= 11 is 3.09. The van der Waals surface area contributed by atoms with Crippen molar-refractivity contribution in [3.05, 3.63) is 101 Å². The number of aromatic nitrogens is 1. The smallest absolute Gasteiger partial charge is 0.271 e. The number of methoxy groups -OCH3 is 3. The van der Waals surface area contributed by atoms with E-state index in [-0.39, 0.29) is 11.6 Å². The van der Waals surface area contributed by atoms with Gasteiger partial charge in [-0.25, -0.2) is 4.99 Å². The Morgan fingerprint density at radius 3 is 2.47 bits per heavy atom. The Morgan fingerprint density at radius 1 is 1.00 bits per heavy atom. The number of aryl methyl sites for hydroxylation is 1. The van der Waals surface area contributed by atoms with E-state index in [1.165, 1.54) is 28.0 Å². The summed E-state index contributed by atoms with van der Waals surface area (Å²) in [6.45, 7) is 0. The molecular weight excluding hydrogens is 492 g/mol. The van der Waals surface area contributed by atoms with E-state index in [1.807, 2.05) is 28.8 Å². The number of fused-ring (bicyclic) bond motifs is 3. The fraction of sp³-hybridized carbons (Fsp3) is 0.214. The predicted molar refractivity (Wildman–Crippen MR) is 143 cm³/mol. The highest BCUT2D eigenvalue weighted by Gasteiger charge is 2.33. The molecule has 0 bridgehead atoms. The van der Waals surface area contributed by atoms with Crippen molar-refractivity contribution in [3.8, 4) is 17.2 Å². The first-order valence-electron chi connectivity index (χ1n) is 11.6. The van der Waals surface area contributed by atoms with Crippen LogP contribution >= 0.6 is 22.7 Å². The van der Waals surface area contributed by atoms with Gasteiger partial charge in [0.1, 0.15) is 0 Å². The number of benzene rings is 2. The van der Waals surface area contributed by atoms with Crippen molar-refractivity contribution in [1.82, 2.24) is 4.57 Å². The molecule has 1 atom stereocenters. The van der Waals surface area contributed by atoms with Gasteiger partial charge in [0.05, 0.1) is 37.6 Å². The first-order valence-corrected chi connectivity index (χ1v) is 13.3. The molecule has 1 aliphatic carbocycles. The highest BCUT2D eigenvalue weighted by atomic mass is 32.1. The van der Waals surface area contributed by atoms with Crippen molar-refractivity contribution < 1.29 is 14.2 Å². The summed E-state index contributed by atoms with van der Waals surface area (Å²) in [5.74, 6) is 1.60. The normalized spacial score (nSPS) is 16.6. The lowest BCUT2D eigenvalue weighted by Crippen LogP contribution is -2.38. The van der Waals surface area contributed by atoms with E-state index in [9.17, 15) is 4.79 Å². The third-order valence-corrected chi connectivity index (χ3v) is 8.58. The second kappa shape index (κ2) is 9.11. The topological polar surface area (TPSA) is 62.1 Å². The number of allylic oxidation sites excluding steroid dienone is 1. The molecule has 6 nitrogen and oxygen atoms in total. The molecule has 2 aliphatic rings. The van der Waals surface area contributed by atoms with Crippen molar-refractivity contribution in [1.29, 1.82) is 0 Å². The lowest BCUT2D eigenvalue weighted by atomic mass is 9.85. The molecule has 0 spiro atoms. The van der Waals surface area contributed by atoms with E-state index in [1.54, 1.807) is 32.7 Å². The average molecular weight is 517 g/mol. The Hall–Kier alpha value is -3.62. The van der Waals surface area contributed by atoms with Crippen LogP contribution in [0.5, 0.6) is 17.2 Å². The summed E-state index contributed by atoms with van der Waals surface area (Å²) in [6.07, 6.45) is 3.70. The van der Waals surface area contributed by atoms with E-state index in [0.717, 1.165) is 29.0 Å². The van der Waals surface area contributed by atoms with Gasteiger partial charge in [0, 0.05) is 10.4 Å². The van der Waals surface area contributed by atoms with Crippen LogP contribution in [0, 0.1) is 0 Å². The van der Waals surface area contributed by atoms with Crippen molar-refractivity contribution in [2.75, 3.05) is 21.3 Å². The molecule has 4 aromatic rings. The Labute approximate surface area is 216 Å². The number of ether oxygens (including phenoxy) is 3. The second-order valence-corrected chi connectivity index (χ2v) is 10.6. The molecule has 0 amide bonds. The molecule has 0 unspecified atom stereocenters. The number of nitrogens with zero attached hydrogens (tertiary/aromatic N) is 2. The molecule has 182 valence electrons. The van der Waals surface area contributed by atoms with Crippen molar-refractivity contribution in [2.24, 2.45) is 4.99 Å². The Bertz CT molecular complexity index is 1650. The van der Waals surface area contributed by atoms with Gasteiger partial charge < -0.3 is 14.2 Å². The van der Waals surface area contributed by atoms with Crippen molar-refractivity contribution in [3.63, 3.8) is 0 Å². The van der Waals surface area contributed by atoms with Gasteiger partial charge in [-0.15, -0.1) is 11.3 Å². The summed E-state index contributed by atoms with van der Waals surface area (Å²) in [4.78, 5) is 20.8. The fourth-order valence-electron chi connectivity index (χ4n) is 5.05. The summed E-state index contributed by atoms with van der Waals surface area (Å²) in [7, 11) is 4.74. The van der Waals surface area contributed by atoms with Crippen molar-refractivity contribution >= 4 is 34.4 Å². The van der Waals surface area contributed by atoms with Gasteiger partial charge in [-0.1, -0.05) is 41.7 Å². The Morgan fingerprint density at radius 2 is 1.78 bits per heavy atom. The number of hydrogen-bond donors (Lipinski definition) is 0. The highest BCUT2D eigenvalue weighted by Crippen LogP contribution is 2.42. The fourth-order valence-corrected chi connectivity index (χ4v) is 6.90. The lowest BCUT2D eigenvalue weighted by molar-refractivity contribution is 0.324. The molecule has 1 aliphatic heterocycles. The largest absolute Gasteiger partial charge is 0.493 e. The van der Waals surface area contributed by atoms with Crippen LogP contribution in [0.25, 0.3) is 11.8 Å². The maximum atomic E-state index is 13.9. The van der Waals surface area contributed by atoms with Crippen LogP contribution in [-0.2, 0) is 6.42 Å². The summed E-state index contributed by atoms with van der Waals surface area (Å²) in [5, 5.41) is 2.07. The average Bonchev–Trinajstić information content (AvgIpc) is 3.55. The Balaban J connectivity index is 1.58. The van der Waals surface area contributed by atoms with Crippen molar-refractivity contribution in [2.45, 2.75) is 18.9 Å². The molecule has 0 fully saturated rings. The van der Waals surface area contributed by atoms with E-state index in [0.29, 0.717) is 26.6 Å². The first kappa shape index (κ1) is 22.8. The molecule has 0 saturated heterocycles. The molecule has 36 heavy (non-hydrogen) atoms. The summed E-state index contributed by atoms with van der Waals surface area (Å²) < 4.78 is 18.9. The molecule has 3 heterocycles. The maximum Gasteiger partial charge on any atom is 0.271 e. The minimum atomic E-state index is -0.147. The standard InChI is InChI=1S/C28H24N2O4S2/c1-32-20-13-16(14-21(33-2)26(20)34-3)15-23-27(31)30-25(22-9-6-12-35-22)19-11-10-17-7-4-5-8-18(17)24(19)29-28(30)36-23/h4-9,12-15,25H,10-11H2,1-3H3/b23-15-/t25-/m0/s1. The monoisotopic (exact) mass is 516 g/mol. The van der Waals surface area contributed by atoms with E-state index in [2.05, 4.69) is 35.7 Å². The van der Waals surface area contributed by atoms with Crippen LogP contribution in [0.3, 0.4) is 0 Å². The maximum absolute atomic E-state index is 13.9. The van der Waals surface area contributed by atoms with Gasteiger partial charge in [0.2, 0.25) is 5.75 Å². The van der Waals surface area contributed by atoms with Crippen LogP contribution in [0.2, 0.25) is 0 Å². The van der Waals surface area contributed by atoms with Gasteiger partial charge in [-0.05, 0) is 59.2 Å². The second-order valence-electron chi connectivity index (χ2n) is 8.59. The van der Waals surface area contributed by atoms with Crippen LogP contribution in [0.1, 0.15) is 34.0 Å². The quantitative estimate of drug-likeness (QED) is 0.394. The highest BCUT2D eigenvalue weighted by molar-refractivity contribution is 7.10. The molecule has 2 aromatic heterocycles. The van der Waals surface area contributed by atoms with Gasteiger partial charge in [-0.3, -0.25) is 9.36 Å². The SMILES string of the molecule is COc1cc(/C=c2\sc3n(c2=O)[C@H](c2cccs2)C2=C(N=3)c3ccccc3CC2)cc(OC)c1OC. The van der Waals surface area contributed by atoms with E-state index >= 15 is 0 Å². The van der Waals surface area contributed by atoms with Crippen LogP contribution < -0.4 is 29.1 Å². The van der Waals surface area contributed by atoms with Crippen LogP contribution in [0.15, 0.2) is 69.3 Å². The molecule has 0 saturated carbocycles. The van der Waals surface area contributed by atoms with Crippen LogP contribution in [0.4, 0.5) is 0 Å². The first-order chi connectivity index (χ1) is 17.6. The third-order valence-electron chi connectivity index (χ3n) is 6.67. The lowest BCUT2D eigenvalue weighted by Gasteiger charge is -2.30. The van der Waals surface area contributed by atoms with Gasteiger partial charge in [0.15, 0.2) is 16.3 Å². The van der Waals surface area contributed by atoms with Crippen LogP contribution in [-0.4, -0.2) is 25.9 Å². The van der Waals surface area contributed by atoms with Gasteiger partial charge in [-0.2, -0.15) is 0 Å². The molecule has 2 aromatic carbocycles.